The zero-order chi connectivity index (χ0) is 18.7. The second-order valence-electron chi connectivity index (χ2n) is 7.15. The number of pyridine rings is 1. The molecule has 0 spiro atoms. The van der Waals surface area contributed by atoms with Gasteiger partial charge in [0.1, 0.15) is 0 Å². The van der Waals surface area contributed by atoms with Crippen molar-refractivity contribution in [3.63, 3.8) is 0 Å². The number of rotatable bonds is 5. The van der Waals surface area contributed by atoms with E-state index in [9.17, 15) is 14.4 Å². The van der Waals surface area contributed by atoms with Crippen LogP contribution in [0.1, 0.15) is 18.9 Å². The minimum Gasteiger partial charge on any atom is -0.345 e. The fraction of sp³-hybridized carbons (Fsp3) is 0.579. The first kappa shape index (κ1) is 18.4. The monoisotopic (exact) mass is 358 g/mol. The van der Waals surface area contributed by atoms with Gasteiger partial charge >= 0.3 is 0 Å². The van der Waals surface area contributed by atoms with Crippen LogP contribution in [0, 0.1) is 11.8 Å². The van der Waals surface area contributed by atoms with Crippen LogP contribution in [0.4, 0.5) is 0 Å². The van der Waals surface area contributed by atoms with Gasteiger partial charge in [-0.15, -0.1) is 0 Å². The second kappa shape index (κ2) is 7.85. The zero-order valence-corrected chi connectivity index (χ0v) is 15.4. The highest BCUT2D eigenvalue weighted by Gasteiger charge is 2.50. The normalized spacial score (nSPS) is 22.1. The Morgan fingerprint density at radius 2 is 1.69 bits per heavy atom. The molecule has 7 nitrogen and oxygen atoms in total. The summed E-state index contributed by atoms with van der Waals surface area (Å²) in [5, 5.41) is 0. The first-order valence-electron chi connectivity index (χ1n) is 9.15. The summed E-state index contributed by atoms with van der Waals surface area (Å²) in [5.41, 5.74) is 1.14. The fourth-order valence-electron chi connectivity index (χ4n) is 3.46. The number of hydrogen-bond acceptors (Lipinski definition) is 4. The first-order chi connectivity index (χ1) is 12.5. The summed E-state index contributed by atoms with van der Waals surface area (Å²) in [4.78, 5) is 45.8. The minimum atomic E-state index is -0.185. The van der Waals surface area contributed by atoms with Crippen molar-refractivity contribution in [3.05, 3.63) is 30.1 Å². The summed E-state index contributed by atoms with van der Waals surface area (Å²) < 4.78 is 0. The molecule has 1 aliphatic heterocycles. The van der Waals surface area contributed by atoms with Crippen LogP contribution in [-0.4, -0.2) is 77.2 Å². The fourth-order valence-corrected chi connectivity index (χ4v) is 3.46. The Kier molecular flexibility index (Phi) is 5.54. The van der Waals surface area contributed by atoms with E-state index in [0.717, 1.165) is 12.0 Å². The average Bonchev–Trinajstić information content (AvgIpc) is 3.46. The van der Waals surface area contributed by atoms with Crippen molar-refractivity contribution < 1.29 is 14.4 Å². The second-order valence-corrected chi connectivity index (χ2v) is 7.15. The Labute approximate surface area is 154 Å². The Balaban J connectivity index is 1.44. The summed E-state index contributed by atoms with van der Waals surface area (Å²) in [6, 6.07) is 3.89. The molecule has 3 rings (SSSR count). The lowest BCUT2D eigenvalue weighted by atomic mass is 10.2. The van der Waals surface area contributed by atoms with Gasteiger partial charge in [0.05, 0.1) is 11.8 Å². The first-order valence-corrected chi connectivity index (χ1v) is 9.15. The van der Waals surface area contributed by atoms with Crippen LogP contribution in [0.25, 0.3) is 0 Å². The van der Waals surface area contributed by atoms with E-state index >= 15 is 0 Å². The number of likely N-dealkylation sites (N-methyl/N-ethyl adjacent to an activating group) is 1. The molecule has 1 aromatic rings. The molecule has 0 radical (unpaired) electrons. The quantitative estimate of drug-likeness (QED) is 0.764. The Bertz CT molecular complexity index is 671. The molecule has 26 heavy (non-hydrogen) atoms. The maximum absolute atomic E-state index is 12.6. The predicted molar refractivity (Wildman–Crippen MR) is 96.0 cm³/mol. The highest BCUT2D eigenvalue weighted by Crippen LogP contribution is 2.41. The molecular weight excluding hydrogens is 332 g/mol. The van der Waals surface area contributed by atoms with Gasteiger partial charge in [0, 0.05) is 59.1 Å². The molecule has 2 unspecified atom stereocenters. The molecule has 2 fully saturated rings. The predicted octanol–water partition coefficient (Wildman–Crippen LogP) is 0.409. The van der Waals surface area contributed by atoms with Crippen molar-refractivity contribution in [1.29, 1.82) is 0 Å². The highest BCUT2D eigenvalue weighted by molar-refractivity contribution is 5.92. The number of carbonyl (C=O) groups excluding carboxylic acids is 3. The van der Waals surface area contributed by atoms with Crippen LogP contribution in [-0.2, 0) is 20.8 Å². The molecule has 0 N–H and O–H groups in total. The standard InChI is InChI=1S/C19H26N4O3/c1-14(24)22-9-11-23(12-10-22)19(26)17-13-16(17)18(25)21(2)8-5-15-3-6-20-7-4-15/h3-4,6-7,16-17H,5,8-13H2,1-2H3. The van der Waals surface area contributed by atoms with E-state index in [-0.39, 0.29) is 29.6 Å². The van der Waals surface area contributed by atoms with Crippen molar-refractivity contribution in [2.24, 2.45) is 11.8 Å². The van der Waals surface area contributed by atoms with E-state index in [0.29, 0.717) is 39.1 Å². The third-order valence-corrected chi connectivity index (χ3v) is 5.32. The van der Waals surface area contributed by atoms with Crippen LogP contribution < -0.4 is 0 Å². The molecule has 2 heterocycles. The Morgan fingerprint density at radius 1 is 1.08 bits per heavy atom. The molecule has 0 bridgehead atoms. The minimum absolute atomic E-state index is 0.0485. The largest absolute Gasteiger partial charge is 0.345 e. The molecule has 1 saturated heterocycles. The van der Waals surface area contributed by atoms with Gasteiger partial charge in [-0.1, -0.05) is 0 Å². The van der Waals surface area contributed by atoms with Crippen LogP contribution >= 0.6 is 0 Å². The summed E-state index contributed by atoms with van der Waals surface area (Å²) in [5.74, 6) is -0.202. The van der Waals surface area contributed by atoms with Gasteiger partial charge in [-0.3, -0.25) is 19.4 Å². The van der Waals surface area contributed by atoms with Gasteiger partial charge < -0.3 is 14.7 Å². The maximum atomic E-state index is 12.6. The lowest BCUT2D eigenvalue weighted by Crippen LogP contribution is -2.50. The van der Waals surface area contributed by atoms with E-state index in [4.69, 9.17) is 0 Å². The number of nitrogens with zero attached hydrogens (tertiary/aromatic N) is 4. The average molecular weight is 358 g/mol. The third kappa shape index (κ3) is 4.20. The summed E-state index contributed by atoms with van der Waals surface area (Å²) in [6.45, 7) is 4.48. The van der Waals surface area contributed by atoms with Crippen molar-refractivity contribution in [2.45, 2.75) is 19.8 Å². The number of piperazine rings is 1. The SMILES string of the molecule is CC(=O)N1CCN(C(=O)C2CC2C(=O)N(C)CCc2ccncc2)CC1. The lowest BCUT2D eigenvalue weighted by Gasteiger charge is -2.34. The topological polar surface area (TPSA) is 73.8 Å². The van der Waals surface area contributed by atoms with Crippen molar-refractivity contribution >= 4 is 17.7 Å². The van der Waals surface area contributed by atoms with Crippen LogP contribution in [0.2, 0.25) is 0 Å². The van der Waals surface area contributed by atoms with E-state index in [2.05, 4.69) is 4.98 Å². The van der Waals surface area contributed by atoms with Crippen molar-refractivity contribution in [3.8, 4) is 0 Å². The van der Waals surface area contributed by atoms with Crippen molar-refractivity contribution in [2.75, 3.05) is 39.8 Å². The molecular formula is C19H26N4O3. The third-order valence-electron chi connectivity index (χ3n) is 5.32. The molecule has 1 aromatic heterocycles. The van der Waals surface area contributed by atoms with Gasteiger partial charge in [0.25, 0.3) is 0 Å². The molecule has 2 atom stereocenters. The van der Waals surface area contributed by atoms with Gasteiger partial charge in [-0.2, -0.15) is 0 Å². The molecule has 7 heteroatoms. The molecule has 140 valence electrons. The Morgan fingerprint density at radius 3 is 2.31 bits per heavy atom. The van der Waals surface area contributed by atoms with Crippen LogP contribution in [0.3, 0.4) is 0 Å². The zero-order valence-electron chi connectivity index (χ0n) is 15.4. The molecule has 2 aliphatic rings. The van der Waals surface area contributed by atoms with Gasteiger partial charge in [0.15, 0.2) is 0 Å². The molecule has 0 aromatic carbocycles. The van der Waals surface area contributed by atoms with Crippen LogP contribution in [0.5, 0.6) is 0 Å². The molecule has 1 aliphatic carbocycles. The van der Waals surface area contributed by atoms with Gasteiger partial charge in [0.2, 0.25) is 17.7 Å². The van der Waals surface area contributed by atoms with Crippen molar-refractivity contribution in [1.82, 2.24) is 19.7 Å². The van der Waals surface area contributed by atoms with E-state index in [1.165, 1.54) is 0 Å². The maximum Gasteiger partial charge on any atom is 0.226 e. The molecule has 3 amide bonds. The summed E-state index contributed by atoms with van der Waals surface area (Å²) in [7, 11) is 1.80. The van der Waals surface area contributed by atoms with Crippen LogP contribution in [0.15, 0.2) is 24.5 Å². The van der Waals surface area contributed by atoms with E-state index in [1.54, 1.807) is 41.1 Å². The van der Waals surface area contributed by atoms with E-state index in [1.807, 2.05) is 12.1 Å². The highest BCUT2D eigenvalue weighted by atomic mass is 16.2. The smallest absolute Gasteiger partial charge is 0.226 e. The number of hydrogen-bond donors (Lipinski definition) is 0. The lowest BCUT2D eigenvalue weighted by molar-refractivity contribution is -0.141. The van der Waals surface area contributed by atoms with E-state index < -0.39 is 0 Å². The van der Waals surface area contributed by atoms with Gasteiger partial charge in [-0.25, -0.2) is 0 Å². The summed E-state index contributed by atoms with van der Waals surface area (Å²) >= 11 is 0. The summed E-state index contributed by atoms with van der Waals surface area (Å²) in [6.07, 6.45) is 4.92. The number of amides is 3. The van der Waals surface area contributed by atoms with Gasteiger partial charge in [-0.05, 0) is 30.5 Å². The number of carbonyl (C=O) groups is 3. The molecule has 1 saturated carbocycles. The Hall–Kier alpha value is -2.44. The number of aromatic nitrogens is 1.